The van der Waals surface area contributed by atoms with Gasteiger partial charge in [0.05, 0.1) is 0 Å². The van der Waals surface area contributed by atoms with Crippen molar-refractivity contribution in [2.75, 3.05) is 0 Å². The lowest BCUT2D eigenvalue weighted by atomic mass is 10.2. The highest BCUT2D eigenvalue weighted by Crippen LogP contribution is 2.29. The summed E-state index contributed by atoms with van der Waals surface area (Å²) >= 11 is 4.39. The molecule has 8 heteroatoms. The molecule has 1 aromatic heterocycles. The van der Waals surface area contributed by atoms with Gasteiger partial charge in [-0.15, -0.1) is 5.10 Å². The second-order valence-electron chi connectivity index (χ2n) is 5.57. The number of aromatic amines is 1. The average molecular weight is 446 g/mol. The summed E-state index contributed by atoms with van der Waals surface area (Å²) in [6, 6.07) is 15.1. The third-order valence-corrected chi connectivity index (χ3v) is 4.91. The number of nitrogens with zero attached hydrogens (tertiary/aromatic N) is 2. The SMILES string of the molecule is Cc1nc(S/C(=C\c2ccccc2OCc2ccc(Br)cc2)C(=O)O)n[nH]1. The van der Waals surface area contributed by atoms with Gasteiger partial charge in [0, 0.05) is 10.0 Å². The minimum Gasteiger partial charge on any atom is -0.488 e. The van der Waals surface area contributed by atoms with Crippen LogP contribution in [0.15, 0.2) is 63.1 Å². The number of aromatic nitrogens is 3. The molecule has 2 N–H and O–H groups in total. The van der Waals surface area contributed by atoms with Crippen LogP contribution < -0.4 is 4.74 Å². The molecule has 0 spiro atoms. The van der Waals surface area contributed by atoms with E-state index >= 15 is 0 Å². The van der Waals surface area contributed by atoms with E-state index in [0.29, 0.717) is 28.9 Å². The predicted molar refractivity (Wildman–Crippen MR) is 108 cm³/mol. The first-order valence-corrected chi connectivity index (χ1v) is 9.60. The topological polar surface area (TPSA) is 88.1 Å². The van der Waals surface area contributed by atoms with Gasteiger partial charge in [-0.05, 0) is 48.5 Å². The third kappa shape index (κ3) is 5.45. The molecule has 0 atom stereocenters. The van der Waals surface area contributed by atoms with Gasteiger partial charge in [-0.25, -0.2) is 9.78 Å². The van der Waals surface area contributed by atoms with Crippen molar-refractivity contribution in [2.24, 2.45) is 0 Å². The van der Waals surface area contributed by atoms with Crippen LogP contribution in [0.25, 0.3) is 6.08 Å². The van der Waals surface area contributed by atoms with Crippen LogP contribution in [0, 0.1) is 6.92 Å². The number of hydrogen-bond donors (Lipinski definition) is 2. The number of carboxylic acid groups (broad SMARTS) is 1. The number of carboxylic acids is 1. The van der Waals surface area contributed by atoms with E-state index in [4.69, 9.17) is 4.74 Å². The summed E-state index contributed by atoms with van der Waals surface area (Å²) in [7, 11) is 0. The molecule has 0 saturated carbocycles. The molecule has 3 rings (SSSR count). The number of thioether (sulfide) groups is 1. The molecule has 3 aromatic rings. The molecule has 2 aromatic carbocycles. The number of hydrogen-bond acceptors (Lipinski definition) is 5. The molecular weight excluding hydrogens is 430 g/mol. The minimum atomic E-state index is -1.05. The van der Waals surface area contributed by atoms with Crippen LogP contribution in [0.4, 0.5) is 0 Å². The van der Waals surface area contributed by atoms with Crippen molar-refractivity contribution in [3.05, 3.63) is 74.9 Å². The minimum absolute atomic E-state index is 0.105. The van der Waals surface area contributed by atoms with E-state index in [1.807, 2.05) is 48.5 Å². The van der Waals surface area contributed by atoms with E-state index in [9.17, 15) is 9.90 Å². The number of H-pyrrole nitrogens is 1. The van der Waals surface area contributed by atoms with Gasteiger partial charge in [-0.3, -0.25) is 5.10 Å². The summed E-state index contributed by atoms with van der Waals surface area (Å²) in [6.45, 7) is 2.14. The number of nitrogens with one attached hydrogen (secondary N) is 1. The first-order chi connectivity index (χ1) is 13.0. The Hall–Kier alpha value is -2.58. The lowest BCUT2D eigenvalue weighted by molar-refractivity contribution is -0.131. The van der Waals surface area contributed by atoms with Crippen molar-refractivity contribution in [2.45, 2.75) is 18.7 Å². The number of halogens is 1. The smallest absolute Gasteiger partial charge is 0.342 e. The van der Waals surface area contributed by atoms with Gasteiger partial charge in [-0.2, -0.15) is 0 Å². The predicted octanol–water partition coefficient (Wildman–Crippen LogP) is 4.67. The van der Waals surface area contributed by atoms with Gasteiger partial charge in [0.15, 0.2) is 0 Å². The summed E-state index contributed by atoms with van der Waals surface area (Å²) in [5.41, 5.74) is 1.69. The normalized spacial score (nSPS) is 11.4. The third-order valence-electron chi connectivity index (χ3n) is 3.50. The number of carbonyl (C=O) groups is 1. The molecule has 0 bridgehead atoms. The van der Waals surface area contributed by atoms with Crippen LogP contribution in [0.2, 0.25) is 0 Å². The number of aryl methyl sites for hydroxylation is 1. The molecule has 0 saturated heterocycles. The zero-order chi connectivity index (χ0) is 19.2. The van der Waals surface area contributed by atoms with Crippen LogP contribution in [-0.2, 0) is 11.4 Å². The maximum absolute atomic E-state index is 11.6. The van der Waals surface area contributed by atoms with Gasteiger partial charge in [0.1, 0.15) is 23.1 Å². The number of para-hydroxylation sites is 1. The zero-order valence-corrected chi connectivity index (χ0v) is 16.8. The summed E-state index contributed by atoms with van der Waals surface area (Å²) in [6.07, 6.45) is 1.57. The quantitative estimate of drug-likeness (QED) is 0.405. The number of benzene rings is 2. The summed E-state index contributed by atoms with van der Waals surface area (Å²) in [5.74, 6) is 0.177. The van der Waals surface area contributed by atoms with E-state index in [1.54, 1.807) is 13.0 Å². The van der Waals surface area contributed by atoms with Gasteiger partial charge in [-0.1, -0.05) is 46.3 Å². The Morgan fingerprint density at radius 3 is 2.67 bits per heavy atom. The Morgan fingerprint density at radius 1 is 1.26 bits per heavy atom. The summed E-state index contributed by atoms with van der Waals surface area (Å²) in [5, 5.41) is 16.6. The molecule has 0 radical (unpaired) electrons. The van der Waals surface area contributed by atoms with E-state index in [-0.39, 0.29) is 4.91 Å². The maximum Gasteiger partial charge on any atom is 0.342 e. The van der Waals surface area contributed by atoms with Crippen LogP contribution in [0.5, 0.6) is 5.75 Å². The van der Waals surface area contributed by atoms with Crippen molar-refractivity contribution in [1.82, 2.24) is 15.2 Å². The fourth-order valence-electron chi connectivity index (χ4n) is 2.22. The molecule has 0 aliphatic heterocycles. The van der Waals surface area contributed by atoms with E-state index in [1.165, 1.54) is 0 Å². The molecule has 6 nitrogen and oxygen atoms in total. The molecule has 0 unspecified atom stereocenters. The Balaban J connectivity index is 1.81. The zero-order valence-electron chi connectivity index (χ0n) is 14.3. The van der Waals surface area contributed by atoms with Crippen LogP contribution in [0.1, 0.15) is 17.0 Å². The van der Waals surface area contributed by atoms with E-state index < -0.39 is 5.97 Å². The van der Waals surface area contributed by atoms with Crippen molar-refractivity contribution in [3.63, 3.8) is 0 Å². The van der Waals surface area contributed by atoms with Gasteiger partial charge in [0.2, 0.25) is 5.16 Å². The lowest BCUT2D eigenvalue weighted by Gasteiger charge is -2.10. The van der Waals surface area contributed by atoms with Crippen molar-refractivity contribution in [1.29, 1.82) is 0 Å². The molecule has 0 aliphatic carbocycles. The molecular formula is C19H16BrN3O3S. The average Bonchev–Trinajstić information content (AvgIpc) is 3.06. The summed E-state index contributed by atoms with van der Waals surface area (Å²) in [4.78, 5) is 15.9. The second-order valence-corrected chi connectivity index (χ2v) is 7.50. The lowest BCUT2D eigenvalue weighted by Crippen LogP contribution is -1.99. The molecule has 27 heavy (non-hydrogen) atoms. The Kier molecular flexibility index (Phi) is 6.31. The Bertz CT molecular complexity index is 970. The molecule has 0 aliphatic rings. The maximum atomic E-state index is 11.6. The standard InChI is InChI=1S/C19H16BrN3O3S/c1-12-21-19(23-22-12)27-17(18(24)25)10-14-4-2-3-5-16(14)26-11-13-6-8-15(20)9-7-13/h2-10H,11H2,1H3,(H,24,25)(H,21,22,23)/b17-10-. The molecule has 0 amide bonds. The highest BCUT2D eigenvalue weighted by Gasteiger charge is 2.14. The molecule has 0 fully saturated rings. The van der Waals surface area contributed by atoms with Crippen LogP contribution in [0.3, 0.4) is 0 Å². The number of ether oxygens (including phenoxy) is 1. The monoisotopic (exact) mass is 445 g/mol. The highest BCUT2D eigenvalue weighted by molar-refractivity contribution is 9.10. The first-order valence-electron chi connectivity index (χ1n) is 7.99. The van der Waals surface area contributed by atoms with Gasteiger partial charge < -0.3 is 9.84 Å². The van der Waals surface area contributed by atoms with Crippen molar-refractivity contribution < 1.29 is 14.6 Å². The molecule has 138 valence electrons. The fourth-order valence-corrected chi connectivity index (χ4v) is 3.22. The largest absolute Gasteiger partial charge is 0.488 e. The number of rotatable bonds is 7. The number of aliphatic carboxylic acids is 1. The second kappa shape index (κ2) is 8.88. The Morgan fingerprint density at radius 2 is 2.00 bits per heavy atom. The fraction of sp³-hybridized carbons (Fsp3) is 0.105. The van der Waals surface area contributed by atoms with Gasteiger partial charge in [0.25, 0.3) is 0 Å². The van der Waals surface area contributed by atoms with Crippen LogP contribution >= 0.6 is 27.7 Å². The highest BCUT2D eigenvalue weighted by atomic mass is 79.9. The van der Waals surface area contributed by atoms with E-state index in [0.717, 1.165) is 21.8 Å². The van der Waals surface area contributed by atoms with Crippen molar-refractivity contribution >= 4 is 39.7 Å². The van der Waals surface area contributed by atoms with E-state index in [2.05, 4.69) is 31.1 Å². The molecule has 1 heterocycles. The first kappa shape index (κ1) is 19.2. The Labute approximate surface area is 168 Å². The van der Waals surface area contributed by atoms with Crippen LogP contribution in [-0.4, -0.2) is 26.3 Å². The van der Waals surface area contributed by atoms with Gasteiger partial charge >= 0.3 is 5.97 Å². The summed E-state index contributed by atoms with van der Waals surface area (Å²) < 4.78 is 6.90. The van der Waals surface area contributed by atoms with Crippen molar-refractivity contribution in [3.8, 4) is 5.75 Å².